The van der Waals surface area contributed by atoms with Gasteiger partial charge in [0.05, 0.1) is 40.4 Å². The summed E-state index contributed by atoms with van der Waals surface area (Å²) >= 11 is 12.5. The summed E-state index contributed by atoms with van der Waals surface area (Å²) in [5.41, 5.74) is 2.12. The average molecular weight is 630 g/mol. The maximum Gasteiger partial charge on any atom is 1.00 e. The summed E-state index contributed by atoms with van der Waals surface area (Å²) < 4.78 is 12.9. The van der Waals surface area contributed by atoms with E-state index in [0.717, 1.165) is 31.1 Å². The van der Waals surface area contributed by atoms with E-state index < -0.39 is 0 Å². The van der Waals surface area contributed by atoms with Gasteiger partial charge in [0, 0.05) is 0 Å². The molecule has 0 unspecified atom stereocenters. The number of rotatable bonds is 4. The molecule has 7 nitrogen and oxygen atoms in total. The molecular formula is C22H26BrN2NaO5S4. The fourth-order valence-corrected chi connectivity index (χ4v) is 5.29. The Morgan fingerprint density at radius 2 is 1.60 bits per heavy atom. The van der Waals surface area contributed by atoms with Gasteiger partial charge < -0.3 is 19.6 Å². The van der Waals surface area contributed by atoms with E-state index in [1.165, 1.54) is 30.7 Å². The topological polar surface area (TPSA) is 104 Å². The number of alkyl halides is 1. The van der Waals surface area contributed by atoms with Gasteiger partial charge in [-0.15, -0.1) is 22.7 Å². The Balaban J connectivity index is 0. The van der Waals surface area contributed by atoms with E-state index in [-0.39, 0.29) is 54.3 Å². The Hall–Kier alpha value is -0.830. The third-order valence-corrected chi connectivity index (χ3v) is 7.30. The fourth-order valence-electron chi connectivity index (χ4n) is 2.04. The van der Waals surface area contributed by atoms with Gasteiger partial charge in [-0.2, -0.15) is 7.11 Å². The van der Waals surface area contributed by atoms with Gasteiger partial charge >= 0.3 is 41.5 Å². The number of esters is 2. The minimum atomic E-state index is -0.241. The van der Waals surface area contributed by atoms with Crippen LogP contribution in [-0.2, 0) is 19.1 Å². The van der Waals surface area contributed by atoms with E-state index in [0.29, 0.717) is 5.75 Å². The van der Waals surface area contributed by atoms with E-state index in [1.807, 2.05) is 42.5 Å². The van der Waals surface area contributed by atoms with Crippen LogP contribution in [0.4, 0.5) is 0 Å². The molecule has 0 amide bonds. The van der Waals surface area contributed by atoms with Crippen LogP contribution in [-0.4, -0.2) is 54.3 Å². The number of thioether (sulfide) groups is 1. The summed E-state index contributed by atoms with van der Waals surface area (Å²) in [4.78, 5) is 28.3. The summed E-state index contributed by atoms with van der Waals surface area (Å²) in [6.45, 7) is 0. The number of ether oxygens (including phenoxy) is 2. The van der Waals surface area contributed by atoms with Crippen LogP contribution >= 0.6 is 62.6 Å². The monoisotopic (exact) mass is 628 g/mol. The van der Waals surface area contributed by atoms with Crippen molar-refractivity contribution in [3.05, 3.63) is 52.5 Å². The molecule has 0 saturated carbocycles. The summed E-state index contributed by atoms with van der Waals surface area (Å²) in [5, 5.41) is 8.53. The van der Waals surface area contributed by atoms with Crippen LogP contribution in [0.25, 0.3) is 20.4 Å². The first-order valence-corrected chi connectivity index (χ1v) is 13.3. The van der Waals surface area contributed by atoms with Crippen molar-refractivity contribution in [1.29, 1.82) is 0 Å². The third kappa shape index (κ3) is 13.9. The van der Waals surface area contributed by atoms with Crippen molar-refractivity contribution in [1.82, 2.24) is 9.97 Å². The zero-order valence-electron chi connectivity index (χ0n) is 19.0. The predicted octanol–water partition coefficient (Wildman–Crippen LogP) is 2.69. The molecule has 4 rings (SSSR count). The van der Waals surface area contributed by atoms with Crippen LogP contribution in [0.5, 0.6) is 0 Å². The molecule has 0 radical (unpaired) electrons. The molecule has 0 aliphatic heterocycles. The van der Waals surface area contributed by atoms with Gasteiger partial charge in [0.2, 0.25) is 0 Å². The maximum atomic E-state index is 10.9. The first kappa shape index (κ1) is 36.3. The van der Waals surface area contributed by atoms with Crippen LogP contribution in [0.3, 0.4) is 0 Å². The second-order valence-corrected chi connectivity index (χ2v) is 10.1. The number of carbonyl (C=O) groups excluding carboxylic acids is 2. The normalized spacial score (nSPS) is 8.94. The van der Waals surface area contributed by atoms with Gasteiger partial charge in [0.1, 0.15) is 5.33 Å². The zero-order valence-corrected chi connectivity index (χ0v) is 25.9. The molecule has 0 spiro atoms. The van der Waals surface area contributed by atoms with E-state index >= 15 is 0 Å². The summed E-state index contributed by atoms with van der Waals surface area (Å²) in [6, 6.07) is 16.0. The van der Waals surface area contributed by atoms with Crippen LogP contribution in [0, 0.1) is 3.95 Å². The van der Waals surface area contributed by atoms with Gasteiger partial charge in [-0.1, -0.05) is 59.4 Å². The second kappa shape index (κ2) is 21.3. The second-order valence-electron chi connectivity index (χ2n) is 5.53. The summed E-state index contributed by atoms with van der Waals surface area (Å²) in [5.74, 6) is -0.148. The Kier molecular flexibility index (Phi) is 22.1. The van der Waals surface area contributed by atoms with Gasteiger partial charge in [-0.3, -0.25) is 9.59 Å². The van der Waals surface area contributed by atoms with E-state index in [9.17, 15) is 9.59 Å². The number of aromatic amines is 1. The van der Waals surface area contributed by atoms with Crippen molar-refractivity contribution < 1.29 is 53.7 Å². The van der Waals surface area contributed by atoms with Gasteiger partial charge in [0.25, 0.3) is 0 Å². The van der Waals surface area contributed by atoms with Crippen LogP contribution in [0.15, 0.2) is 52.9 Å². The van der Waals surface area contributed by atoms with Crippen molar-refractivity contribution in [3.8, 4) is 0 Å². The number of hydrogen-bond acceptors (Lipinski definition) is 10. The van der Waals surface area contributed by atoms with Crippen molar-refractivity contribution in [2.45, 2.75) is 11.8 Å². The standard InChI is InChI=1S/C10H9NO2S2.C7H5NS2.C3H5BrO2.CH3O.CH4.Na/c1-13-9(12)6-14-10-11-7-4-2-3-5-8(7)15-10;9-7-8-5-3-1-2-4-6(5)10-7;1-6-3(5)2-4;1-2;;/h2-5H,6H2,1H3;1-4H,(H,8,9);2H2,1H3;1H3;1H4;/q;;;-1;;+1. The minimum absolute atomic E-state index is 0. The first-order valence-electron chi connectivity index (χ1n) is 9.13. The molecule has 0 aliphatic rings. The van der Waals surface area contributed by atoms with E-state index in [1.54, 1.807) is 22.7 Å². The number of benzene rings is 2. The number of fused-ring (bicyclic) bond motifs is 2. The Morgan fingerprint density at radius 1 is 1.03 bits per heavy atom. The van der Waals surface area contributed by atoms with Gasteiger partial charge in [-0.25, -0.2) is 4.98 Å². The van der Waals surface area contributed by atoms with Gasteiger partial charge in [0.15, 0.2) is 8.29 Å². The van der Waals surface area contributed by atoms with Crippen molar-refractivity contribution in [3.63, 3.8) is 0 Å². The number of hydrogen-bond donors (Lipinski definition) is 1. The maximum absolute atomic E-state index is 10.9. The molecule has 0 aliphatic carbocycles. The number of carbonyl (C=O) groups is 2. The number of nitrogens with zero attached hydrogens (tertiary/aromatic N) is 1. The largest absolute Gasteiger partial charge is 1.00 e. The van der Waals surface area contributed by atoms with E-state index in [4.69, 9.17) is 17.3 Å². The predicted molar refractivity (Wildman–Crippen MR) is 148 cm³/mol. The SMILES string of the molecule is C.COC(=O)CBr.COC(=O)CSc1nc2ccccc2s1.C[O-].S=c1[nH]c2ccccc2s1.[Na+]. The number of aromatic nitrogens is 2. The minimum Gasteiger partial charge on any atom is -0.857 e. The average Bonchev–Trinajstić information content (AvgIpc) is 3.45. The Labute approximate surface area is 253 Å². The summed E-state index contributed by atoms with van der Waals surface area (Å²) in [6.07, 6.45) is 0. The number of methoxy groups -OCH3 is 2. The quantitative estimate of drug-likeness (QED) is 0.121. The number of para-hydroxylation sites is 2. The number of nitrogens with one attached hydrogen (secondary N) is 1. The molecule has 0 bridgehead atoms. The summed E-state index contributed by atoms with van der Waals surface area (Å²) in [7, 11) is 3.49. The molecule has 0 fully saturated rings. The molecule has 4 aromatic rings. The van der Waals surface area contributed by atoms with Crippen molar-refractivity contribution in [2.24, 2.45) is 0 Å². The molecule has 0 saturated heterocycles. The number of thiazole rings is 2. The molecule has 0 atom stereocenters. The molecule has 2 aromatic carbocycles. The Morgan fingerprint density at radius 3 is 2.11 bits per heavy atom. The number of H-pyrrole nitrogens is 1. The Bertz CT molecular complexity index is 1120. The zero-order chi connectivity index (χ0) is 24.6. The molecule has 1 N–H and O–H groups in total. The molecule has 2 heterocycles. The smallest absolute Gasteiger partial charge is 0.857 e. The van der Waals surface area contributed by atoms with Crippen molar-refractivity contribution in [2.75, 3.05) is 32.4 Å². The van der Waals surface area contributed by atoms with Gasteiger partial charge in [-0.05, 0) is 36.5 Å². The molecular weight excluding hydrogens is 603 g/mol. The van der Waals surface area contributed by atoms with Crippen LogP contribution in [0.2, 0.25) is 0 Å². The fraction of sp³-hybridized carbons (Fsp3) is 0.273. The molecule has 2 aromatic heterocycles. The van der Waals surface area contributed by atoms with Crippen molar-refractivity contribution >= 4 is 95.0 Å². The van der Waals surface area contributed by atoms with Crippen LogP contribution in [0.1, 0.15) is 7.43 Å². The first-order chi connectivity index (χ1) is 16.0. The molecule has 13 heteroatoms. The molecule has 35 heavy (non-hydrogen) atoms. The third-order valence-electron chi connectivity index (χ3n) is 3.48. The molecule has 186 valence electrons. The van der Waals surface area contributed by atoms with E-state index in [2.05, 4.69) is 41.4 Å². The van der Waals surface area contributed by atoms with Crippen LogP contribution < -0.4 is 34.7 Å². The number of halogens is 1.